The van der Waals surface area contributed by atoms with E-state index < -0.39 is 17.8 Å². The lowest BCUT2D eigenvalue weighted by molar-refractivity contribution is -0.144. The number of hydrogen-bond donors (Lipinski definition) is 3. The molecule has 0 saturated carbocycles. The number of fused-ring (bicyclic) bond motifs is 1. The van der Waals surface area contributed by atoms with Crippen LogP contribution in [-0.4, -0.2) is 82.6 Å². The molecule has 1 fully saturated rings. The first-order valence-electron chi connectivity index (χ1n) is 14.1. The third-order valence-corrected chi connectivity index (χ3v) is 7.68. The average molecular weight is 547 g/mol. The predicted molar refractivity (Wildman–Crippen MR) is 149 cm³/mol. The molecule has 1 aromatic rings. The van der Waals surface area contributed by atoms with Gasteiger partial charge in [-0.25, -0.2) is 0 Å². The van der Waals surface area contributed by atoms with E-state index in [2.05, 4.69) is 26.8 Å². The van der Waals surface area contributed by atoms with Gasteiger partial charge in [-0.15, -0.1) is 0 Å². The number of aliphatic carboxylic acids is 1. The van der Waals surface area contributed by atoms with Crippen molar-refractivity contribution >= 4 is 11.9 Å². The van der Waals surface area contributed by atoms with Crippen LogP contribution in [0.5, 0.6) is 11.5 Å². The maximum absolute atomic E-state index is 13.5. The van der Waals surface area contributed by atoms with E-state index >= 15 is 0 Å². The molecule has 1 saturated heterocycles. The van der Waals surface area contributed by atoms with Crippen LogP contribution in [0.4, 0.5) is 0 Å². The monoisotopic (exact) mass is 546 g/mol. The number of allylic oxidation sites excluding steroid dienone is 2. The molecule has 9 nitrogen and oxygen atoms in total. The van der Waals surface area contributed by atoms with Gasteiger partial charge in [0.25, 0.3) is 0 Å². The standard InChI is InChI=1S/C30H46N2O7/c1-6-7-9-31(10-8-11-33)26(35)17-32-16-23(21-12-22(18-34)28-25(13-21)38-19-39-28)27(29(36)37)24(32)15-30(4,5)14-20(2)3/h12-14,23-24,27,33-34H,6-11,15-19H2,1-5H3,(H,36,37)/t23-,24+,27-/m1/s1. The van der Waals surface area contributed by atoms with Crippen molar-refractivity contribution in [3.8, 4) is 11.5 Å². The average Bonchev–Trinajstić information content (AvgIpc) is 3.47. The van der Waals surface area contributed by atoms with Crippen LogP contribution in [0.2, 0.25) is 0 Å². The molecule has 3 N–H and O–H groups in total. The van der Waals surface area contributed by atoms with Gasteiger partial charge in [-0.05, 0) is 56.2 Å². The van der Waals surface area contributed by atoms with Crippen LogP contribution in [0.25, 0.3) is 0 Å². The number of amides is 1. The molecule has 0 aromatic heterocycles. The number of aliphatic hydroxyl groups excluding tert-OH is 2. The number of aliphatic hydroxyl groups is 2. The van der Waals surface area contributed by atoms with E-state index in [9.17, 15) is 24.9 Å². The molecule has 0 aliphatic carbocycles. The summed E-state index contributed by atoms with van der Waals surface area (Å²) in [5.74, 6) is -1.10. The highest BCUT2D eigenvalue weighted by Crippen LogP contribution is 2.46. The van der Waals surface area contributed by atoms with Gasteiger partial charge in [0.05, 0.1) is 19.1 Å². The Bertz CT molecular complexity index is 1030. The van der Waals surface area contributed by atoms with Gasteiger partial charge in [0.15, 0.2) is 11.5 Å². The normalized spacial score (nSPS) is 20.7. The zero-order valence-electron chi connectivity index (χ0n) is 24.1. The minimum absolute atomic E-state index is 0.0135. The van der Waals surface area contributed by atoms with Gasteiger partial charge in [-0.2, -0.15) is 0 Å². The molecule has 218 valence electrons. The highest BCUT2D eigenvalue weighted by Gasteiger charge is 2.49. The van der Waals surface area contributed by atoms with Gasteiger partial charge >= 0.3 is 5.97 Å². The van der Waals surface area contributed by atoms with E-state index in [1.165, 1.54) is 0 Å². The second-order valence-electron chi connectivity index (χ2n) is 11.8. The van der Waals surface area contributed by atoms with E-state index in [-0.39, 0.29) is 43.9 Å². The topological polar surface area (TPSA) is 120 Å². The zero-order chi connectivity index (χ0) is 28.7. The minimum atomic E-state index is -0.903. The zero-order valence-corrected chi connectivity index (χ0v) is 24.1. The molecule has 0 bridgehead atoms. The van der Waals surface area contributed by atoms with Gasteiger partial charge in [-0.1, -0.05) is 38.8 Å². The number of hydrogen-bond acceptors (Lipinski definition) is 7. The number of nitrogens with zero attached hydrogens (tertiary/aromatic N) is 2. The number of carboxylic acids is 1. The first-order valence-corrected chi connectivity index (χ1v) is 14.1. The summed E-state index contributed by atoms with van der Waals surface area (Å²) in [4.78, 5) is 30.2. The van der Waals surface area contributed by atoms with Crippen molar-refractivity contribution < 1.29 is 34.4 Å². The fourth-order valence-electron chi connectivity index (χ4n) is 6.15. The summed E-state index contributed by atoms with van der Waals surface area (Å²) in [6, 6.07) is 3.25. The summed E-state index contributed by atoms with van der Waals surface area (Å²) in [6.45, 7) is 11.8. The molecule has 2 heterocycles. The number of rotatable bonds is 14. The SMILES string of the molecule is CCCCN(CCCO)C(=O)CN1C[C@H](c2cc(CO)c3c(c2)OCO3)[C@@H](C(=O)O)[C@@H]1CC(C)(C)C=C(C)C. The molecular formula is C30H46N2O7. The largest absolute Gasteiger partial charge is 0.481 e. The Labute approximate surface area is 232 Å². The molecule has 0 unspecified atom stereocenters. The Balaban J connectivity index is 1.99. The van der Waals surface area contributed by atoms with Crippen molar-refractivity contribution in [2.75, 3.05) is 39.6 Å². The predicted octanol–water partition coefficient (Wildman–Crippen LogP) is 3.77. The van der Waals surface area contributed by atoms with Crippen molar-refractivity contribution in [3.05, 3.63) is 34.9 Å². The number of ether oxygens (including phenoxy) is 2. The number of unbranched alkanes of at least 4 members (excludes halogenated alkanes) is 1. The fourth-order valence-corrected chi connectivity index (χ4v) is 6.15. The van der Waals surface area contributed by atoms with Crippen LogP contribution in [0.3, 0.4) is 0 Å². The van der Waals surface area contributed by atoms with Crippen molar-refractivity contribution in [2.24, 2.45) is 11.3 Å². The minimum Gasteiger partial charge on any atom is -0.481 e. The van der Waals surface area contributed by atoms with E-state index in [0.29, 0.717) is 49.5 Å². The summed E-state index contributed by atoms with van der Waals surface area (Å²) in [7, 11) is 0. The third kappa shape index (κ3) is 7.74. The number of carboxylic acid groups (broad SMARTS) is 1. The summed E-state index contributed by atoms with van der Waals surface area (Å²) in [5.41, 5.74) is 2.20. The molecule has 2 aliphatic rings. The number of carbonyl (C=O) groups is 2. The number of carbonyl (C=O) groups excluding carboxylic acids is 1. The molecule has 39 heavy (non-hydrogen) atoms. The first kappa shape index (κ1) is 30.9. The van der Waals surface area contributed by atoms with E-state index in [1.807, 2.05) is 30.9 Å². The third-order valence-electron chi connectivity index (χ3n) is 7.68. The maximum atomic E-state index is 13.5. The van der Waals surface area contributed by atoms with Gasteiger partial charge in [0.2, 0.25) is 12.7 Å². The quantitative estimate of drug-likeness (QED) is 0.302. The Hall–Kier alpha value is -2.62. The Morgan fingerprint density at radius 1 is 1.15 bits per heavy atom. The van der Waals surface area contributed by atoms with E-state index in [0.717, 1.165) is 24.0 Å². The smallest absolute Gasteiger partial charge is 0.308 e. The van der Waals surface area contributed by atoms with Crippen LogP contribution in [0, 0.1) is 11.3 Å². The number of likely N-dealkylation sites (tertiary alicyclic amines) is 1. The van der Waals surface area contributed by atoms with Crippen molar-refractivity contribution in [1.82, 2.24) is 9.80 Å². The molecule has 0 radical (unpaired) electrons. The second-order valence-corrected chi connectivity index (χ2v) is 11.8. The first-order chi connectivity index (χ1) is 18.5. The molecule has 1 aromatic carbocycles. The van der Waals surface area contributed by atoms with Crippen molar-refractivity contribution in [2.45, 2.75) is 78.9 Å². The fraction of sp³-hybridized carbons (Fsp3) is 0.667. The lowest BCUT2D eigenvalue weighted by Gasteiger charge is -2.34. The van der Waals surface area contributed by atoms with Crippen LogP contribution in [-0.2, 0) is 16.2 Å². The Morgan fingerprint density at radius 2 is 1.87 bits per heavy atom. The molecule has 9 heteroatoms. The van der Waals surface area contributed by atoms with Crippen molar-refractivity contribution in [1.29, 1.82) is 0 Å². The highest BCUT2D eigenvalue weighted by molar-refractivity contribution is 5.79. The molecule has 3 atom stereocenters. The van der Waals surface area contributed by atoms with E-state index in [1.54, 1.807) is 4.90 Å². The summed E-state index contributed by atoms with van der Waals surface area (Å²) in [5, 5.41) is 29.9. The molecule has 1 amide bonds. The van der Waals surface area contributed by atoms with Crippen molar-refractivity contribution in [3.63, 3.8) is 0 Å². The summed E-state index contributed by atoms with van der Waals surface area (Å²) < 4.78 is 11.1. The van der Waals surface area contributed by atoms with E-state index in [4.69, 9.17) is 9.47 Å². The van der Waals surface area contributed by atoms with Gasteiger partial charge in [0.1, 0.15) is 0 Å². The number of benzene rings is 1. The molecule has 0 spiro atoms. The van der Waals surface area contributed by atoms with Crippen LogP contribution in [0.15, 0.2) is 23.8 Å². The summed E-state index contributed by atoms with van der Waals surface area (Å²) in [6.07, 6.45) is 5.07. The Kier molecular flexibility index (Phi) is 10.8. The van der Waals surface area contributed by atoms with Crippen LogP contribution >= 0.6 is 0 Å². The lowest BCUT2D eigenvalue weighted by atomic mass is 9.77. The molecular weight excluding hydrogens is 500 g/mol. The lowest BCUT2D eigenvalue weighted by Crippen LogP contribution is -2.46. The van der Waals surface area contributed by atoms with Gasteiger partial charge < -0.3 is 29.7 Å². The Morgan fingerprint density at radius 3 is 2.49 bits per heavy atom. The molecule has 3 rings (SSSR count). The highest BCUT2D eigenvalue weighted by atomic mass is 16.7. The van der Waals surface area contributed by atoms with Crippen LogP contribution < -0.4 is 9.47 Å². The van der Waals surface area contributed by atoms with Gasteiger partial charge in [-0.3, -0.25) is 14.5 Å². The second kappa shape index (κ2) is 13.6. The summed E-state index contributed by atoms with van der Waals surface area (Å²) >= 11 is 0. The van der Waals surface area contributed by atoms with Crippen LogP contribution in [0.1, 0.15) is 77.3 Å². The maximum Gasteiger partial charge on any atom is 0.308 e. The van der Waals surface area contributed by atoms with Gasteiger partial charge in [0, 0.05) is 43.8 Å². The molecule has 2 aliphatic heterocycles.